The van der Waals surface area contributed by atoms with Gasteiger partial charge in [0.05, 0.1) is 18.0 Å². The minimum atomic E-state index is -3.61. The lowest BCUT2D eigenvalue weighted by Crippen LogP contribution is -2.30. The molecule has 6 nitrogen and oxygen atoms in total. The quantitative estimate of drug-likeness (QED) is 0.725. The minimum absolute atomic E-state index is 0.0579. The Morgan fingerprint density at radius 1 is 1.11 bits per heavy atom. The van der Waals surface area contributed by atoms with Crippen molar-refractivity contribution < 1.29 is 17.9 Å². The number of rotatable bonds is 8. The minimum Gasteiger partial charge on any atom is -0.497 e. The Morgan fingerprint density at radius 2 is 1.78 bits per heavy atom. The number of hydrogen-bond donors (Lipinski definition) is 2. The maximum Gasteiger partial charge on any atom is 0.251 e. The molecule has 0 aliphatic heterocycles. The third-order valence-corrected chi connectivity index (χ3v) is 5.62. The van der Waals surface area contributed by atoms with E-state index in [1.165, 1.54) is 19.2 Å². The van der Waals surface area contributed by atoms with Crippen LogP contribution in [0.4, 0.5) is 0 Å². The van der Waals surface area contributed by atoms with Crippen LogP contribution in [0.1, 0.15) is 42.2 Å². The van der Waals surface area contributed by atoms with Crippen LogP contribution >= 0.6 is 0 Å². The van der Waals surface area contributed by atoms with Gasteiger partial charge in [-0.05, 0) is 55.3 Å². The third-order valence-electron chi connectivity index (χ3n) is 4.21. The van der Waals surface area contributed by atoms with E-state index < -0.39 is 10.0 Å². The number of carbonyl (C=O) groups excluding carboxylic acids is 1. The summed E-state index contributed by atoms with van der Waals surface area (Å²) in [6.45, 7) is 4.17. The number of amides is 1. The van der Waals surface area contributed by atoms with Crippen molar-refractivity contribution in [3.63, 3.8) is 0 Å². The summed E-state index contributed by atoms with van der Waals surface area (Å²) in [6.07, 6.45) is 0.757. The van der Waals surface area contributed by atoms with Crippen molar-refractivity contribution in [2.24, 2.45) is 5.92 Å². The predicted octanol–water partition coefficient (Wildman–Crippen LogP) is 3.12. The summed E-state index contributed by atoms with van der Waals surface area (Å²) in [4.78, 5) is 12.8. The summed E-state index contributed by atoms with van der Waals surface area (Å²) in [5.41, 5.74) is 1.27. The summed E-state index contributed by atoms with van der Waals surface area (Å²) in [7, 11) is -0.662. The molecule has 0 radical (unpaired) electrons. The molecule has 0 unspecified atom stereocenters. The molecular formula is C20H26N2O4S. The number of hydrogen-bond acceptors (Lipinski definition) is 4. The summed E-state index contributed by atoms with van der Waals surface area (Å²) in [6, 6.07) is 13.4. The maximum atomic E-state index is 12.7. The highest BCUT2D eigenvalue weighted by Crippen LogP contribution is 2.24. The molecule has 146 valence electrons. The van der Waals surface area contributed by atoms with Crippen molar-refractivity contribution in [1.82, 2.24) is 10.0 Å². The number of benzene rings is 2. The van der Waals surface area contributed by atoms with Crippen molar-refractivity contribution in [3.8, 4) is 5.75 Å². The molecule has 0 bridgehead atoms. The highest BCUT2D eigenvalue weighted by molar-refractivity contribution is 7.89. The predicted molar refractivity (Wildman–Crippen MR) is 105 cm³/mol. The van der Waals surface area contributed by atoms with Crippen LogP contribution in [0.2, 0.25) is 0 Å². The molecule has 0 aliphatic carbocycles. The zero-order valence-corrected chi connectivity index (χ0v) is 16.8. The Morgan fingerprint density at radius 3 is 2.33 bits per heavy atom. The van der Waals surface area contributed by atoms with E-state index in [0.29, 0.717) is 11.5 Å². The van der Waals surface area contributed by atoms with Crippen LogP contribution in [-0.2, 0) is 10.0 Å². The molecule has 0 saturated carbocycles. The largest absolute Gasteiger partial charge is 0.497 e. The van der Waals surface area contributed by atoms with Crippen molar-refractivity contribution in [2.75, 3.05) is 14.2 Å². The van der Waals surface area contributed by atoms with Crippen LogP contribution in [0, 0.1) is 5.92 Å². The monoisotopic (exact) mass is 390 g/mol. The van der Waals surface area contributed by atoms with Crippen LogP contribution in [0.5, 0.6) is 5.75 Å². The number of methoxy groups -OCH3 is 1. The SMILES string of the molecule is CNS(=O)(=O)c1cccc(C(=O)N[C@H](CC(C)C)c2ccc(OC)cc2)c1. The van der Waals surface area contributed by atoms with Crippen LogP contribution in [0.15, 0.2) is 53.4 Å². The van der Waals surface area contributed by atoms with E-state index in [4.69, 9.17) is 4.74 Å². The lowest BCUT2D eigenvalue weighted by molar-refractivity contribution is 0.0931. The molecule has 2 aromatic rings. The summed E-state index contributed by atoms with van der Waals surface area (Å²) in [5, 5.41) is 3.02. The van der Waals surface area contributed by atoms with Gasteiger partial charge in [0, 0.05) is 5.56 Å². The second-order valence-electron chi connectivity index (χ2n) is 6.66. The smallest absolute Gasteiger partial charge is 0.251 e. The molecule has 1 amide bonds. The Hall–Kier alpha value is -2.38. The van der Waals surface area contributed by atoms with Crippen LogP contribution in [-0.4, -0.2) is 28.5 Å². The van der Waals surface area contributed by atoms with Gasteiger partial charge in [0.15, 0.2) is 0 Å². The topological polar surface area (TPSA) is 84.5 Å². The van der Waals surface area contributed by atoms with Gasteiger partial charge >= 0.3 is 0 Å². The molecule has 0 spiro atoms. The lowest BCUT2D eigenvalue weighted by Gasteiger charge is -2.21. The average Bonchev–Trinajstić information content (AvgIpc) is 2.67. The van der Waals surface area contributed by atoms with Crippen LogP contribution < -0.4 is 14.8 Å². The maximum absolute atomic E-state index is 12.7. The molecule has 2 aromatic carbocycles. The summed E-state index contributed by atoms with van der Waals surface area (Å²) < 4.78 is 31.4. The molecule has 0 aliphatic rings. The van der Waals surface area contributed by atoms with E-state index in [9.17, 15) is 13.2 Å². The normalized spacial score (nSPS) is 12.6. The van der Waals surface area contributed by atoms with Gasteiger partial charge in [-0.15, -0.1) is 0 Å². The Bertz CT molecular complexity index is 877. The standard InChI is InChI=1S/C20H26N2O4S/c1-14(2)12-19(15-8-10-17(26-4)11-9-15)22-20(23)16-6-5-7-18(13-16)27(24,25)21-3/h5-11,13-14,19,21H,12H2,1-4H3,(H,22,23)/t19-/m1/s1. The van der Waals surface area contributed by atoms with Gasteiger partial charge in [0.25, 0.3) is 5.91 Å². The van der Waals surface area contributed by atoms with Gasteiger partial charge in [-0.3, -0.25) is 4.79 Å². The highest BCUT2D eigenvalue weighted by atomic mass is 32.2. The zero-order chi connectivity index (χ0) is 20.0. The van der Waals surface area contributed by atoms with Crippen molar-refractivity contribution in [2.45, 2.75) is 31.2 Å². The number of sulfonamides is 1. The number of ether oxygens (including phenoxy) is 1. The fraction of sp³-hybridized carbons (Fsp3) is 0.350. The molecule has 0 heterocycles. The van der Waals surface area contributed by atoms with Crippen molar-refractivity contribution in [3.05, 3.63) is 59.7 Å². The van der Waals surface area contributed by atoms with Gasteiger partial charge in [0.2, 0.25) is 10.0 Å². The van der Waals surface area contributed by atoms with E-state index in [2.05, 4.69) is 23.9 Å². The first-order chi connectivity index (χ1) is 12.8. The summed E-state index contributed by atoms with van der Waals surface area (Å²) >= 11 is 0. The second kappa shape index (κ2) is 9.01. The van der Waals surface area contributed by atoms with Gasteiger partial charge < -0.3 is 10.1 Å². The molecule has 2 N–H and O–H groups in total. The molecule has 2 rings (SSSR count). The van der Waals surface area contributed by atoms with E-state index in [1.54, 1.807) is 19.2 Å². The van der Waals surface area contributed by atoms with Crippen molar-refractivity contribution in [1.29, 1.82) is 0 Å². The highest BCUT2D eigenvalue weighted by Gasteiger charge is 2.19. The molecule has 27 heavy (non-hydrogen) atoms. The van der Waals surface area contributed by atoms with E-state index in [1.807, 2.05) is 24.3 Å². The van der Waals surface area contributed by atoms with Gasteiger partial charge in [0.1, 0.15) is 5.75 Å². The summed E-state index contributed by atoms with van der Waals surface area (Å²) in [5.74, 6) is 0.802. The number of nitrogens with one attached hydrogen (secondary N) is 2. The van der Waals surface area contributed by atoms with Gasteiger partial charge in [-0.2, -0.15) is 0 Å². The first-order valence-electron chi connectivity index (χ1n) is 8.75. The molecule has 0 fully saturated rings. The zero-order valence-electron chi connectivity index (χ0n) is 16.0. The lowest BCUT2D eigenvalue weighted by atomic mass is 9.96. The molecule has 7 heteroatoms. The molecule has 0 aromatic heterocycles. The molecule has 1 atom stereocenters. The van der Waals surface area contributed by atoms with E-state index >= 15 is 0 Å². The Labute approximate surface area is 161 Å². The Balaban J connectivity index is 2.26. The fourth-order valence-electron chi connectivity index (χ4n) is 2.75. The number of carbonyl (C=O) groups is 1. The van der Waals surface area contributed by atoms with Crippen LogP contribution in [0.3, 0.4) is 0 Å². The Kier molecular flexibility index (Phi) is 6.98. The average molecular weight is 391 g/mol. The van der Waals surface area contributed by atoms with E-state index in [0.717, 1.165) is 17.7 Å². The van der Waals surface area contributed by atoms with Gasteiger partial charge in [-0.1, -0.05) is 32.0 Å². The van der Waals surface area contributed by atoms with Crippen molar-refractivity contribution >= 4 is 15.9 Å². The first kappa shape index (κ1) is 20.9. The molecule has 0 saturated heterocycles. The molecular weight excluding hydrogens is 364 g/mol. The third kappa shape index (κ3) is 5.55. The second-order valence-corrected chi connectivity index (χ2v) is 8.55. The van der Waals surface area contributed by atoms with Crippen LogP contribution in [0.25, 0.3) is 0 Å². The van der Waals surface area contributed by atoms with Gasteiger partial charge in [-0.25, -0.2) is 13.1 Å². The fourth-order valence-corrected chi connectivity index (χ4v) is 3.53. The first-order valence-corrected chi connectivity index (χ1v) is 10.2. The van der Waals surface area contributed by atoms with E-state index in [-0.39, 0.29) is 16.8 Å².